The molecular weight excluding hydrogens is 290 g/mol. The molecule has 0 radical (unpaired) electrons. The van der Waals surface area contributed by atoms with Crippen molar-refractivity contribution in [1.82, 2.24) is 5.06 Å². The Kier molecular flexibility index (Phi) is 5.48. The molecule has 23 heavy (non-hydrogen) atoms. The SMILES string of the molecule is COc1ccc(C(=O)CCON2C(C)(C)CCCC2(C)C)cc1. The lowest BCUT2D eigenvalue weighted by molar-refractivity contribution is -0.279. The Hall–Kier alpha value is -1.39. The molecule has 128 valence electrons. The van der Waals surface area contributed by atoms with Crippen LogP contribution in [-0.2, 0) is 4.84 Å². The van der Waals surface area contributed by atoms with Crippen molar-refractivity contribution in [3.8, 4) is 5.75 Å². The smallest absolute Gasteiger partial charge is 0.165 e. The van der Waals surface area contributed by atoms with E-state index in [1.165, 1.54) is 6.42 Å². The molecule has 4 heteroatoms. The monoisotopic (exact) mass is 319 g/mol. The van der Waals surface area contributed by atoms with Crippen molar-refractivity contribution in [3.63, 3.8) is 0 Å². The first-order chi connectivity index (χ1) is 10.8. The maximum absolute atomic E-state index is 12.3. The van der Waals surface area contributed by atoms with E-state index >= 15 is 0 Å². The minimum atomic E-state index is 0.00487. The molecule has 1 fully saturated rings. The Morgan fingerprint density at radius 2 is 1.65 bits per heavy atom. The summed E-state index contributed by atoms with van der Waals surface area (Å²) in [5.74, 6) is 0.856. The summed E-state index contributed by atoms with van der Waals surface area (Å²) in [5.41, 5.74) is 0.710. The average Bonchev–Trinajstić information content (AvgIpc) is 2.49. The van der Waals surface area contributed by atoms with Gasteiger partial charge in [-0.2, -0.15) is 5.06 Å². The summed E-state index contributed by atoms with van der Waals surface area (Å²) in [7, 11) is 1.62. The van der Waals surface area contributed by atoms with E-state index in [1.807, 2.05) is 12.1 Å². The van der Waals surface area contributed by atoms with Gasteiger partial charge in [-0.15, -0.1) is 0 Å². The van der Waals surface area contributed by atoms with Crippen LogP contribution in [0.1, 0.15) is 63.7 Å². The van der Waals surface area contributed by atoms with E-state index in [9.17, 15) is 4.79 Å². The van der Waals surface area contributed by atoms with Crippen molar-refractivity contribution in [3.05, 3.63) is 29.8 Å². The maximum atomic E-state index is 12.3. The molecule has 0 aliphatic carbocycles. The molecular formula is C19H29NO3. The van der Waals surface area contributed by atoms with Gasteiger partial charge in [0, 0.05) is 23.1 Å². The second kappa shape index (κ2) is 7.02. The van der Waals surface area contributed by atoms with Crippen molar-refractivity contribution < 1.29 is 14.4 Å². The van der Waals surface area contributed by atoms with Gasteiger partial charge in [0.15, 0.2) is 5.78 Å². The van der Waals surface area contributed by atoms with Gasteiger partial charge in [-0.3, -0.25) is 9.63 Å². The number of nitrogens with zero attached hydrogens (tertiary/aromatic N) is 1. The zero-order valence-corrected chi connectivity index (χ0v) is 15.0. The topological polar surface area (TPSA) is 38.8 Å². The van der Waals surface area contributed by atoms with Crippen molar-refractivity contribution in [2.75, 3.05) is 13.7 Å². The number of ketones is 1. The van der Waals surface area contributed by atoms with Gasteiger partial charge in [0.25, 0.3) is 0 Å². The Morgan fingerprint density at radius 3 is 2.17 bits per heavy atom. The summed E-state index contributed by atoms with van der Waals surface area (Å²) >= 11 is 0. The largest absolute Gasteiger partial charge is 0.497 e. The number of methoxy groups -OCH3 is 1. The Morgan fingerprint density at radius 1 is 1.09 bits per heavy atom. The first-order valence-electron chi connectivity index (χ1n) is 8.37. The number of carbonyl (C=O) groups excluding carboxylic acids is 1. The molecule has 0 bridgehead atoms. The minimum absolute atomic E-state index is 0.00487. The number of ether oxygens (including phenoxy) is 1. The predicted octanol–water partition coefficient (Wildman–Crippen LogP) is 4.24. The van der Waals surface area contributed by atoms with E-state index in [1.54, 1.807) is 19.2 Å². The van der Waals surface area contributed by atoms with Gasteiger partial charge in [0.1, 0.15) is 5.75 Å². The molecule has 0 unspecified atom stereocenters. The lowest BCUT2D eigenvalue weighted by atomic mass is 9.82. The first kappa shape index (κ1) is 18.0. The van der Waals surface area contributed by atoms with E-state index < -0.39 is 0 Å². The fourth-order valence-corrected chi connectivity index (χ4v) is 3.48. The van der Waals surface area contributed by atoms with Crippen LogP contribution in [0.3, 0.4) is 0 Å². The molecule has 0 amide bonds. The van der Waals surface area contributed by atoms with Gasteiger partial charge in [0.05, 0.1) is 13.7 Å². The fraction of sp³-hybridized carbons (Fsp3) is 0.632. The van der Waals surface area contributed by atoms with Crippen LogP contribution >= 0.6 is 0 Å². The Bertz CT molecular complexity index is 518. The number of hydroxylamine groups is 2. The molecule has 4 nitrogen and oxygen atoms in total. The van der Waals surface area contributed by atoms with E-state index in [0.29, 0.717) is 18.6 Å². The van der Waals surface area contributed by atoms with Crippen LogP contribution in [0.15, 0.2) is 24.3 Å². The molecule has 1 aliphatic heterocycles. The number of rotatable bonds is 6. The van der Waals surface area contributed by atoms with Gasteiger partial charge in [-0.1, -0.05) is 0 Å². The molecule has 1 aromatic carbocycles. The lowest BCUT2D eigenvalue weighted by Crippen LogP contribution is -2.58. The molecule has 0 saturated carbocycles. The molecule has 0 spiro atoms. The van der Waals surface area contributed by atoms with Crippen LogP contribution in [0.5, 0.6) is 5.75 Å². The number of Topliss-reactive ketones (excluding diaryl/α,β-unsaturated/α-hetero) is 1. The van der Waals surface area contributed by atoms with E-state index in [4.69, 9.17) is 9.57 Å². The lowest BCUT2D eigenvalue weighted by Gasteiger charge is -2.51. The number of hydrogen-bond donors (Lipinski definition) is 0. The third kappa shape index (κ3) is 4.33. The van der Waals surface area contributed by atoms with Gasteiger partial charge in [-0.05, 0) is 71.2 Å². The maximum Gasteiger partial charge on any atom is 0.165 e. The second-order valence-electron chi connectivity index (χ2n) is 7.51. The number of piperidine rings is 1. The van der Waals surface area contributed by atoms with Crippen molar-refractivity contribution >= 4 is 5.78 Å². The Labute approximate surface area is 139 Å². The fourth-order valence-electron chi connectivity index (χ4n) is 3.48. The van der Waals surface area contributed by atoms with Crippen LogP contribution < -0.4 is 4.74 Å². The molecule has 0 aromatic heterocycles. The normalized spacial score (nSPS) is 20.2. The standard InChI is InChI=1S/C19H29NO3/c1-18(2)12-6-13-19(3,4)20(18)23-14-11-17(21)15-7-9-16(22-5)10-8-15/h7-10H,6,11-14H2,1-5H3. The second-order valence-corrected chi connectivity index (χ2v) is 7.51. The quantitative estimate of drug-likeness (QED) is 0.735. The summed E-state index contributed by atoms with van der Waals surface area (Å²) in [6.45, 7) is 9.24. The minimum Gasteiger partial charge on any atom is -0.497 e. The van der Waals surface area contributed by atoms with Crippen LogP contribution in [0.4, 0.5) is 0 Å². The average molecular weight is 319 g/mol. The van der Waals surface area contributed by atoms with E-state index in [2.05, 4.69) is 32.8 Å². The van der Waals surface area contributed by atoms with Crippen LogP contribution in [0.25, 0.3) is 0 Å². The summed E-state index contributed by atoms with van der Waals surface area (Å²) < 4.78 is 5.11. The number of carbonyl (C=O) groups is 1. The number of hydrogen-bond acceptors (Lipinski definition) is 4. The highest BCUT2D eigenvalue weighted by atomic mass is 16.7. The highest BCUT2D eigenvalue weighted by molar-refractivity contribution is 5.96. The van der Waals surface area contributed by atoms with Crippen LogP contribution in [0.2, 0.25) is 0 Å². The van der Waals surface area contributed by atoms with Gasteiger partial charge < -0.3 is 4.74 Å². The number of benzene rings is 1. The van der Waals surface area contributed by atoms with Crippen molar-refractivity contribution in [1.29, 1.82) is 0 Å². The molecule has 1 heterocycles. The van der Waals surface area contributed by atoms with Crippen molar-refractivity contribution in [2.24, 2.45) is 0 Å². The molecule has 1 aliphatic rings. The van der Waals surface area contributed by atoms with Gasteiger partial charge in [0.2, 0.25) is 0 Å². The van der Waals surface area contributed by atoms with Crippen LogP contribution in [0, 0.1) is 0 Å². The third-order valence-electron chi connectivity index (χ3n) is 4.64. The third-order valence-corrected chi connectivity index (χ3v) is 4.64. The van der Waals surface area contributed by atoms with Crippen LogP contribution in [-0.4, -0.2) is 35.6 Å². The summed E-state index contributed by atoms with van der Waals surface area (Å²) in [5, 5.41) is 2.10. The zero-order chi connectivity index (χ0) is 17.1. The summed E-state index contributed by atoms with van der Waals surface area (Å²) in [4.78, 5) is 18.3. The molecule has 1 aromatic rings. The molecule has 0 N–H and O–H groups in total. The molecule has 0 atom stereocenters. The van der Waals surface area contributed by atoms with Gasteiger partial charge >= 0.3 is 0 Å². The highest BCUT2D eigenvalue weighted by Gasteiger charge is 2.42. The molecule has 1 saturated heterocycles. The predicted molar refractivity (Wildman–Crippen MR) is 91.7 cm³/mol. The van der Waals surface area contributed by atoms with E-state index in [0.717, 1.165) is 18.6 Å². The van der Waals surface area contributed by atoms with Crippen molar-refractivity contribution in [2.45, 2.75) is 64.5 Å². The highest BCUT2D eigenvalue weighted by Crippen LogP contribution is 2.38. The first-order valence-corrected chi connectivity index (χ1v) is 8.37. The van der Waals surface area contributed by atoms with E-state index in [-0.39, 0.29) is 16.9 Å². The molecule has 2 rings (SSSR count). The summed E-state index contributed by atoms with van der Waals surface area (Å²) in [6, 6.07) is 7.22. The van der Waals surface area contributed by atoms with Gasteiger partial charge in [-0.25, -0.2) is 0 Å². The Balaban J connectivity index is 1.91. The summed E-state index contributed by atoms with van der Waals surface area (Å²) in [6.07, 6.45) is 3.82. The zero-order valence-electron chi connectivity index (χ0n) is 15.0.